The average molecular weight is 347 g/mol. The average Bonchev–Trinajstić information content (AvgIpc) is 2.58. The van der Waals surface area contributed by atoms with Crippen LogP contribution in [-0.4, -0.2) is 49.6 Å². The molecule has 1 unspecified atom stereocenters. The van der Waals surface area contributed by atoms with Crippen molar-refractivity contribution in [1.29, 1.82) is 0 Å². The second kappa shape index (κ2) is 6.86. The molecule has 1 amide bonds. The van der Waals surface area contributed by atoms with Crippen molar-refractivity contribution in [2.45, 2.75) is 25.3 Å². The van der Waals surface area contributed by atoms with Gasteiger partial charge in [-0.05, 0) is 30.7 Å². The van der Waals surface area contributed by atoms with Crippen LogP contribution in [-0.2, 0) is 10.0 Å². The lowest BCUT2D eigenvalue weighted by molar-refractivity contribution is 0.0615. The summed E-state index contributed by atoms with van der Waals surface area (Å²) in [6.45, 7) is 0.870. The molecule has 1 atom stereocenters. The van der Waals surface area contributed by atoms with Crippen LogP contribution in [0.2, 0.25) is 0 Å². The quantitative estimate of drug-likeness (QED) is 0.914. The number of aromatic nitrogens is 1. The molecule has 6 nitrogen and oxygen atoms in total. The first-order valence-corrected chi connectivity index (χ1v) is 9.94. The fourth-order valence-electron chi connectivity index (χ4n) is 3.15. The highest BCUT2D eigenvalue weighted by atomic mass is 32.2. The minimum Gasteiger partial charge on any atom is -0.333 e. The Bertz CT molecular complexity index is 846. The van der Waals surface area contributed by atoms with Gasteiger partial charge in [-0.3, -0.25) is 9.78 Å². The van der Waals surface area contributed by atoms with Crippen molar-refractivity contribution < 1.29 is 13.2 Å². The van der Waals surface area contributed by atoms with Crippen LogP contribution in [0.5, 0.6) is 0 Å². The van der Waals surface area contributed by atoms with Crippen molar-refractivity contribution in [1.82, 2.24) is 14.6 Å². The van der Waals surface area contributed by atoms with Gasteiger partial charge < -0.3 is 4.90 Å². The highest BCUT2D eigenvalue weighted by Gasteiger charge is 2.29. The van der Waals surface area contributed by atoms with Gasteiger partial charge in [0.05, 0.1) is 6.26 Å². The van der Waals surface area contributed by atoms with Crippen molar-refractivity contribution in [3.63, 3.8) is 0 Å². The van der Waals surface area contributed by atoms with Gasteiger partial charge in [0, 0.05) is 30.7 Å². The number of amides is 1. The van der Waals surface area contributed by atoms with Crippen molar-refractivity contribution in [3.8, 4) is 0 Å². The highest BCUT2D eigenvalue weighted by Crippen LogP contribution is 2.23. The number of sulfonamides is 1. The zero-order chi connectivity index (χ0) is 17.2. The molecule has 2 heterocycles. The SMILES string of the molecule is CS(=O)(=O)NCC1CCCCN1C(=O)c1nccc2ccccc12. The number of likely N-dealkylation sites (tertiary alicyclic amines) is 1. The first kappa shape index (κ1) is 16.9. The predicted octanol–water partition coefficient (Wildman–Crippen LogP) is 1.78. The standard InChI is InChI=1S/C17H21N3O3S/c1-24(22,23)19-12-14-7-4-5-11-20(14)17(21)16-15-8-3-2-6-13(15)9-10-18-16/h2-3,6,8-10,14,19H,4-5,7,11-12H2,1H3. The fourth-order valence-corrected chi connectivity index (χ4v) is 3.65. The molecule has 1 aromatic carbocycles. The number of nitrogens with zero attached hydrogens (tertiary/aromatic N) is 2. The summed E-state index contributed by atoms with van der Waals surface area (Å²) >= 11 is 0. The van der Waals surface area contributed by atoms with E-state index in [2.05, 4.69) is 9.71 Å². The predicted molar refractivity (Wildman–Crippen MR) is 93.3 cm³/mol. The van der Waals surface area contributed by atoms with E-state index in [0.717, 1.165) is 36.3 Å². The van der Waals surface area contributed by atoms with Gasteiger partial charge in [-0.15, -0.1) is 0 Å². The minimum atomic E-state index is -3.28. The second-order valence-electron chi connectivity index (χ2n) is 6.15. The Morgan fingerprint density at radius 3 is 2.88 bits per heavy atom. The number of rotatable bonds is 4. The number of benzene rings is 1. The molecule has 0 radical (unpaired) electrons. The van der Waals surface area contributed by atoms with Gasteiger partial charge in [0.25, 0.3) is 5.91 Å². The lowest BCUT2D eigenvalue weighted by atomic mass is 10.0. The molecule has 1 N–H and O–H groups in total. The monoisotopic (exact) mass is 347 g/mol. The molecule has 1 aliphatic rings. The van der Waals surface area contributed by atoms with Crippen molar-refractivity contribution >= 4 is 26.7 Å². The summed E-state index contributed by atoms with van der Waals surface area (Å²) in [7, 11) is -3.28. The third-order valence-electron chi connectivity index (χ3n) is 4.35. The maximum Gasteiger partial charge on any atom is 0.273 e. The van der Waals surface area contributed by atoms with Crippen molar-refractivity contribution in [3.05, 3.63) is 42.2 Å². The Labute approximate surface area is 141 Å². The largest absolute Gasteiger partial charge is 0.333 e. The molecule has 24 heavy (non-hydrogen) atoms. The van der Waals surface area contributed by atoms with Gasteiger partial charge in [0.15, 0.2) is 0 Å². The Morgan fingerprint density at radius 2 is 2.08 bits per heavy atom. The molecule has 3 rings (SSSR count). The lowest BCUT2D eigenvalue weighted by Crippen LogP contribution is -2.49. The van der Waals surface area contributed by atoms with Crippen molar-refractivity contribution in [2.24, 2.45) is 0 Å². The third kappa shape index (κ3) is 3.73. The van der Waals surface area contributed by atoms with Crippen LogP contribution in [0.4, 0.5) is 0 Å². The number of nitrogens with one attached hydrogen (secondary N) is 1. The van der Waals surface area contributed by atoms with Gasteiger partial charge in [-0.2, -0.15) is 0 Å². The first-order valence-electron chi connectivity index (χ1n) is 8.05. The van der Waals surface area contributed by atoms with E-state index in [4.69, 9.17) is 0 Å². The maximum absolute atomic E-state index is 13.0. The van der Waals surface area contributed by atoms with Crippen LogP contribution >= 0.6 is 0 Å². The zero-order valence-corrected chi connectivity index (χ0v) is 14.4. The van der Waals surface area contributed by atoms with E-state index in [1.165, 1.54) is 0 Å². The second-order valence-corrected chi connectivity index (χ2v) is 7.98. The van der Waals surface area contributed by atoms with E-state index in [1.807, 2.05) is 30.3 Å². The van der Waals surface area contributed by atoms with Gasteiger partial charge in [0.2, 0.25) is 10.0 Å². The Morgan fingerprint density at radius 1 is 1.29 bits per heavy atom. The third-order valence-corrected chi connectivity index (χ3v) is 5.04. The topological polar surface area (TPSA) is 79.4 Å². The smallest absolute Gasteiger partial charge is 0.273 e. The molecular weight excluding hydrogens is 326 g/mol. The molecule has 1 aliphatic heterocycles. The van der Waals surface area contributed by atoms with E-state index in [1.54, 1.807) is 11.1 Å². The molecule has 0 saturated carbocycles. The summed E-state index contributed by atoms with van der Waals surface area (Å²) in [5.41, 5.74) is 0.430. The molecule has 7 heteroatoms. The summed E-state index contributed by atoms with van der Waals surface area (Å²) in [6.07, 6.45) is 5.48. The molecule has 1 aromatic heterocycles. The maximum atomic E-state index is 13.0. The number of fused-ring (bicyclic) bond motifs is 1. The molecule has 0 aliphatic carbocycles. The summed E-state index contributed by atoms with van der Waals surface area (Å²) < 4.78 is 25.3. The van der Waals surface area contributed by atoms with Gasteiger partial charge >= 0.3 is 0 Å². The molecule has 2 aromatic rings. The van der Waals surface area contributed by atoms with E-state index in [9.17, 15) is 13.2 Å². The van der Waals surface area contributed by atoms with Crippen LogP contribution < -0.4 is 4.72 Å². The molecule has 128 valence electrons. The zero-order valence-electron chi connectivity index (χ0n) is 13.6. The number of hydrogen-bond donors (Lipinski definition) is 1. The number of piperidine rings is 1. The molecule has 1 saturated heterocycles. The Kier molecular flexibility index (Phi) is 4.82. The van der Waals surface area contributed by atoms with E-state index >= 15 is 0 Å². The minimum absolute atomic E-state index is 0.133. The first-order chi connectivity index (χ1) is 11.5. The van der Waals surface area contributed by atoms with Crippen LogP contribution in [0.25, 0.3) is 10.8 Å². The van der Waals surface area contributed by atoms with E-state index in [0.29, 0.717) is 12.2 Å². The van der Waals surface area contributed by atoms with Gasteiger partial charge in [0.1, 0.15) is 5.69 Å². The summed E-state index contributed by atoms with van der Waals surface area (Å²) in [6, 6.07) is 9.40. The van der Waals surface area contributed by atoms with Gasteiger partial charge in [-0.25, -0.2) is 13.1 Å². The summed E-state index contributed by atoms with van der Waals surface area (Å²) in [5, 5.41) is 1.80. The van der Waals surface area contributed by atoms with E-state index in [-0.39, 0.29) is 18.5 Å². The highest BCUT2D eigenvalue weighted by molar-refractivity contribution is 7.88. The molecule has 1 fully saturated rings. The van der Waals surface area contributed by atoms with Crippen molar-refractivity contribution in [2.75, 3.05) is 19.3 Å². The summed E-state index contributed by atoms with van der Waals surface area (Å²) in [5.74, 6) is -0.133. The van der Waals surface area contributed by atoms with Crippen LogP contribution in [0.1, 0.15) is 29.8 Å². The number of hydrogen-bond acceptors (Lipinski definition) is 4. The fraction of sp³-hybridized carbons (Fsp3) is 0.412. The van der Waals surface area contributed by atoms with E-state index < -0.39 is 10.0 Å². The number of carbonyl (C=O) groups excluding carboxylic acids is 1. The van der Waals surface area contributed by atoms with Crippen LogP contribution in [0.15, 0.2) is 36.5 Å². The number of pyridine rings is 1. The molecule has 0 spiro atoms. The Hall–Kier alpha value is -1.99. The number of carbonyl (C=O) groups is 1. The van der Waals surface area contributed by atoms with Crippen LogP contribution in [0, 0.1) is 0 Å². The molecule has 0 bridgehead atoms. The van der Waals surface area contributed by atoms with Gasteiger partial charge in [-0.1, -0.05) is 24.3 Å². The lowest BCUT2D eigenvalue weighted by Gasteiger charge is -2.35. The molecular formula is C17H21N3O3S. The van der Waals surface area contributed by atoms with Crippen LogP contribution in [0.3, 0.4) is 0 Å². The Balaban J connectivity index is 1.88. The summed E-state index contributed by atoms with van der Waals surface area (Å²) in [4.78, 5) is 19.1. The normalized spacial score (nSPS) is 18.7.